The summed E-state index contributed by atoms with van der Waals surface area (Å²) in [6.07, 6.45) is 1.17. The van der Waals surface area contributed by atoms with Gasteiger partial charge in [0.05, 0.1) is 16.8 Å². The van der Waals surface area contributed by atoms with Crippen LogP contribution in [0.2, 0.25) is 0 Å². The van der Waals surface area contributed by atoms with Gasteiger partial charge in [0.1, 0.15) is 4.99 Å². The number of thiocarbonyl (C=S) groups is 1. The molecule has 0 radical (unpaired) electrons. The Bertz CT molecular complexity index is 616. The molecular weight excluding hydrogens is 308 g/mol. The lowest BCUT2D eigenvalue weighted by Crippen LogP contribution is -2.28. The number of benzene rings is 1. The number of hydrogen-bond acceptors (Lipinski definition) is 5. The predicted molar refractivity (Wildman–Crippen MR) is 86.2 cm³/mol. The van der Waals surface area contributed by atoms with Crippen LogP contribution in [0.25, 0.3) is 0 Å². The third kappa shape index (κ3) is 4.23. The van der Waals surface area contributed by atoms with Gasteiger partial charge in [0.15, 0.2) is 9.84 Å². The second-order valence-corrected chi connectivity index (χ2v) is 7.71. The predicted octanol–water partition coefficient (Wildman–Crippen LogP) is 0.815. The van der Waals surface area contributed by atoms with Crippen LogP contribution in [-0.2, 0) is 14.6 Å². The van der Waals surface area contributed by atoms with Crippen LogP contribution in [0.5, 0.6) is 0 Å². The van der Waals surface area contributed by atoms with E-state index in [4.69, 9.17) is 22.7 Å². The topological polar surface area (TPSA) is 72.6 Å². The van der Waals surface area contributed by atoms with Crippen LogP contribution in [0.3, 0.4) is 0 Å². The highest BCUT2D eigenvalue weighted by atomic mass is 32.2. The minimum absolute atomic E-state index is 0.0875. The number of nitrogens with zero attached hydrogens (tertiary/aromatic N) is 1. The summed E-state index contributed by atoms with van der Waals surface area (Å²) in [5, 5.41) is 0. The summed E-state index contributed by atoms with van der Waals surface area (Å²) in [6.45, 7) is 2.18. The standard InChI is InChI=1S/C14H20N2O3S2/c1-19-12-5-6-16(10-12)7-8-21(17,18)13-4-2-3-11(9-13)14(15)20/h2-4,9,12H,5-8,10H2,1H3,(H2,15,20). The summed E-state index contributed by atoms with van der Waals surface area (Å²) in [6, 6.07) is 6.50. The molecule has 116 valence electrons. The molecule has 1 aromatic carbocycles. The van der Waals surface area contributed by atoms with E-state index in [1.165, 1.54) is 0 Å². The monoisotopic (exact) mass is 328 g/mol. The van der Waals surface area contributed by atoms with E-state index in [2.05, 4.69) is 4.90 Å². The van der Waals surface area contributed by atoms with E-state index < -0.39 is 9.84 Å². The summed E-state index contributed by atoms with van der Waals surface area (Å²) < 4.78 is 30.0. The molecule has 1 heterocycles. The zero-order valence-electron chi connectivity index (χ0n) is 12.0. The molecule has 1 aliphatic rings. The molecule has 1 fully saturated rings. The van der Waals surface area contributed by atoms with Crippen molar-refractivity contribution in [3.05, 3.63) is 29.8 Å². The van der Waals surface area contributed by atoms with E-state index in [1.807, 2.05) is 0 Å². The number of likely N-dealkylation sites (tertiary alicyclic amines) is 1. The lowest BCUT2D eigenvalue weighted by atomic mass is 10.2. The van der Waals surface area contributed by atoms with E-state index in [0.717, 1.165) is 19.5 Å². The van der Waals surface area contributed by atoms with Crippen molar-refractivity contribution in [2.45, 2.75) is 17.4 Å². The van der Waals surface area contributed by atoms with Gasteiger partial charge < -0.3 is 10.5 Å². The van der Waals surface area contributed by atoms with E-state index >= 15 is 0 Å². The number of ether oxygens (including phenoxy) is 1. The van der Waals surface area contributed by atoms with E-state index in [9.17, 15) is 8.42 Å². The molecule has 2 rings (SSSR count). The maximum Gasteiger partial charge on any atom is 0.179 e. The molecule has 1 saturated heterocycles. The van der Waals surface area contributed by atoms with Crippen LogP contribution < -0.4 is 5.73 Å². The Hall–Kier alpha value is -1.02. The number of rotatable bonds is 6. The second-order valence-electron chi connectivity index (χ2n) is 5.16. The summed E-state index contributed by atoms with van der Waals surface area (Å²) in [4.78, 5) is 2.59. The SMILES string of the molecule is COC1CCN(CCS(=O)(=O)c2cccc(C(N)=S)c2)C1. The summed E-state index contributed by atoms with van der Waals surface area (Å²) >= 11 is 4.88. The molecular formula is C14H20N2O3S2. The second kappa shape index (κ2) is 6.83. The molecule has 0 amide bonds. The van der Waals surface area contributed by atoms with Gasteiger partial charge in [0, 0.05) is 32.3 Å². The Morgan fingerprint density at radius 1 is 1.52 bits per heavy atom. The van der Waals surface area contributed by atoms with Gasteiger partial charge in [-0.3, -0.25) is 4.90 Å². The van der Waals surface area contributed by atoms with Crippen LogP contribution in [-0.4, -0.2) is 56.9 Å². The van der Waals surface area contributed by atoms with Crippen molar-refractivity contribution >= 4 is 27.0 Å². The van der Waals surface area contributed by atoms with Crippen LogP contribution in [0.1, 0.15) is 12.0 Å². The number of hydrogen-bond donors (Lipinski definition) is 1. The van der Waals surface area contributed by atoms with Gasteiger partial charge in [-0.2, -0.15) is 0 Å². The maximum absolute atomic E-state index is 12.4. The lowest BCUT2D eigenvalue weighted by Gasteiger charge is -2.15. The van der Waals surface area contributed by atoms with E-state index in [-0.39, 0.29) is 21.7 Å². The van der Waals surface area contributed by atoms with Gasteiger partial charge >= 0.3 is 0 Å². The van der Waals surface area contributed by atoms with Gasteiger partial charge in [-0.1, -0.05) is 24.4 Å². The summed E-state index contributed by atoms with van der Waals surface area (Å²) in [5.41, 5.74) is 6.12. The van der Waals surface area contributed by atoms with Gasteiger partial charge in [0.25, 0.3) is 0 Å². The fourth-order valence-corrected chi connectivity index (χ4v) is 3.86. The van der Waals surface area contributed by atoms with E-state index in [0.29, 0.717) is 12.1 Å². The molecule has 7 heteroatoms. The van der Waals surface area contributed by atoms with Crippen LogP contribution >= 0.6 is 12.2 Å². The Kier molecular flexibility index (Phi) is 5.32. The van der Waals surface area contributed by atoms with Crippen LogP contribution in [0, 0.1) is 0 Å². The molecule has 21 heavy (non-hydrogen) atoms. The molecule has 0 saturated carbocycles. The normalized spacial score (nSPS) is 19.8. The third-order valence-corrected chi connectivity index (χ3v) is 5.64. The van der Waals surface area contributed by atoms with Gasteiger partial charge in [0.2, 0.25) is 0 Å². The molecule has 2 N–H and O–H groups in total. The van der Waals surface area contributed by atoms with Gasteiger partial charge in [-0.25, -0.2) is 8.42 Å². The minimum atomic E-state index is -3.33. The smallest absolute Gasteiger partial charge is 0.179 e. The first kappa shape index (κ1) is 16.4. The third-order valence-electron chi connectivity index (χ3n) is 3.72. The van der Waals surface area contributed by atoms with E-state index in [1.54, 1.807) is 31.4 Å². The van der Waals surface area contributed by atoms with Gasteiger partial charge in [-0.05, 0) is 18.6 Å². The molecule has 5 nitrogen and oxygen atoms in total. The van der Waals surface area contributed by atoms with Crippen molar-refractivity contribution in [3.63, 3.8) is 0 Å². The van der Waals surface area contributed by atoms with Crippen molar-refractivity contribution in [1.29, 1.82) is 0 Å². The quantitative estimate of drug-likeness (QED) is 0.779. The maximum atomic E-state index is 12.4. The van der Waals surface area contributed by atoms with Gasteiger partial charge in [-0.15, -0.1) is 0 Å². The number of sulfone groups is 1. The van der Waals surface area contributed by atoms with Crippen molar-refractivity contribution in [3.8, 4) is 0 Å². The van der Waals surface area contributed by atoms with Crippen LogP contribution in [0.15, 0.2) is 29.2 Å². The molecule has 1 atom stereocenters. The molecule has 1 aromatic rings. The number of nitrogens with two attached hydrogens (primary N) is 1. The Morgan fingerprint density at radius 2 is 2.29 bits per heavy atom. The Balaban J connectivity index is 2.02. The molecule has 0 bridgehead atoms. The lowest BCUT2D eigenvalue weighted by molar-refractivity contribution is 0.109. The number of methoxy groups -OCH3 is 1. The Morgan fingerprint density at radius 3 is 2.90 bits per heavy atom. The fraction of sp³-hybridized carbons (Fsp3) is 0.500. The molecule has 0 spiro atoms. The first-order valence-corrected chi connectivity index (χ1v) is 8.86. The van der Waals surface area contributed by atoms with Crippen molar-refractivity contribution in [2.75, 3.05) is 32.5 Å². The molecule has 1 aliphatic heterocycles. The highest BCUT2D eigenvalue weighted by Crippen LogP contribution is 2.16. The largest absolute Gasteiger partial charge is 0.389 e. The molecule has 1 unspecified atom stereocenters. The minimum Gasteiger partial charge on any atom is -0.389 e. The molecule has 0 aliphatic carbocycles. The summed E-state index contributed by atoms with van der Waals surface area (Å²) in [5.74, 6) is 0.0875. The van der Waals surface area contributed by atoms with Crippen molar-refractivity contribution in [2.24, 2.45) is 5.73 Å². The van der Waals surface area contributed by atoms with Crippen LogP contribution in [0.4, 0.5) is 0 Å². The molecule has 0 aromatic heterocycles. The average Bonchev–Trinajstić information content (AvgIpc) is 2.93. The average molecular weight is 328 g/mol. The fourth-order valence-electron chi connectivity index (χ4n) is 2.40. The van der Waals surface area contributed by atoms with Crippen molar-refractivity contribution < 1.29 is 13.2 Å². The highest BCUT2D eigenvalue weighted by molar-refractivity contribution is 7.91. The summed E-state index contributed by atoms with van der Waals surface area (Å²) in [7, 11) is -1.64. The zero-order chi connectivity index (χ0) is 15.5. The Labute approximate surface area is 131 Å². The highest BCUT2D eigenvalue weighted by Gasteiger charge is 2.24. The first-order valence-electron chi connectivity index (χ1n) is 6.80. The first-order chi connectivity index (χ1) is 9.92. The van der Waals surface area contributed by atoms with Crippen molar-refractivity contribution in [1.82, 2.24) is 4.90 Å². The zero-order valence-corrected chi connectivity index (χ0v) is 13.6.